The molecule has 0 saturated heterocycles. The Bertz CT molecular complexity index is 1180. The molecule has 6 heteroatoms. The fourth-order valence-electron chi connectivity index (χ4n) is 3.47. The van der Waals surface area contributed by atoms with Gasteiger partial charge in [0.05, 0.1) is 37.4 Å². The van der Waals surface area contributed by atoms with Gasteiger partial charge in [0.15, 0.2) is 0 Å². The molecule has 0 unspecified atom stereocenters. The number of benzene rings is 3. The van der Waals surface area contributed by atoms with E-state index in [1.807, 2.05) is 43.3 Å². The first-order chi connectivity index (χ1) is 14.0. The quantitative estimate of drug-likeness (QED) is 0.426. The highest BCUT2D eigenvalue weighted by atomic mass is 35.5. The van der Waals surface area contributed by atoms with Gasteiger partial charge < -0.3 is 14.2 Å². The summed E-state index contributed by atoms with van der Waals surface area (Å²) in [4.78, 5) is 4.76. The number of hydrogen-bond donors (Lipinski definition) is 0. The first-order valence-corrected chi connectivity index (χ1v) is 9.48. The number of aromatic nitrogens is 2. The number of fused-ring (bicyclic) bond motifs is 1. The Morgan fingerprint density at radius 2 is 1.52 bits per heavy atom. The average molecular weight is 409 g/mol. The molecule has 29 heavy (non-hydrogen) atoms. The van der Waals surface area contributed by atoms with E-state index < -0.39 is 0 Å². The summed E-state index contributed by atoms with van der Waals surface area (Å²) in [5.74, 6) is 3.01. The zero-order chi connectivity index (χ0) is 20.5. The summed E-state index contributed by atoms with van der Waals surface area (Å²) in [6.07, 6.45) is 0. The number of ether oxygens (including phenoxy) is 3. The molecule has 0 spiro atoms. The molecule has 0 aliphatic heterocycles. The van der Waals surface area contributed by atoms with Crippen LogP contribution in [0.5, 0.6) is 17.2 Å². The van der Waals surface area contributed by atoms with Crippen LogP contribution in [0.25, 0.3) is 27.8 Å². The van der Waals surface area contributed by atoms with Gasteiger partial charge in [-0.2, -0.15) is 0 Å². The molecule has 0 amide bonds. The monoisotopic (exact) mass is 408 g/mol. The van der Waals surface area contributed by atoms with E-state index in [2.05, 4.69) is 22.8 Å². The molecule has 0 N–H and O–H groups in total. The minimum atomic E-state index is 0.561. The number of aryl methyl sites for hydroxylation is 1. The number of imidazole rings is 1. The van der Waals surface area contributed by atoms with Crippen molar-refractivity contribution in [3.63, 3.8) is 0 Å². The van der Waals surface area contributed by atoms with Crippen molar-refractivity contribution in [3.05, 3.63) is 65.4 Å². The lowest BCUT2D eigenvalue weighted by molar-refractivity contribution is 0.394. The number of methoxy groups -OCH3 is 3. The molecule has 0 fully saturated rings. The van der Waals surface area contributed by atoms with Crippen molar-refractivity contribution >= 4 is 22.6 Å². The number of hydrogen-bond acceptors (Lipinski definition) is 4. The summed E-state index contributed by atoms with van der Waals surface area (Å²) in [5.41, 5.74) is 4.87. The van der Waals surface area contributed by atoms with Crippen LogP contribution < -0.4 is 14.2 Å². The van der Waals surface area contributed by atoms with Crippen molar-refractivity contribution in [2.24, 2.45) is 0 Å². The van der Waals surface area contributed by atoms with Crippen molar-refractivity contribution in [3.8, 4) is 34.1 Å². The second-order valence-electron chi connectivity index (χ2n) is 6.62. The van der Waals surface area contributed by atoms with E-state index in [9.17, 15) is 0 Å². The molecule has 3 aromatic carbocycles. The molecule has 1 aromatic heterocycles. The van der Waals surface area contributed by atoms with Gasteiger partial charge >= 0.3 is 0 Å². The standard InChI is InChI=1S/C23H21ClN2O3/c1-14-25-21-11-15(16-9-18(27-2)13-19(10-16)28-3)5-7-22(21)26(14)17-6-8-23(29-4)20(24)12-17/h5-13H,1-4H3. The lowest BCUT2D eigenvalue weighted by Crippen LogP contribution is -1.97. The van der Waals surface area contributed by atoms with Gasteiger partial charge in [0, 0.05) is 11.8 Å². The Morgan fingerprint density at radius 3 is 2.14 bits per heavy atom. The van der Waals surface area contributed by atoms with E-state index in [-0.39, 0.29) is 0 Å². The van der Waals surface area contributed by atoms with Crippen molar-refractivity contribution in [2.75, 3.05) is 21.3 Å². The summed E-state index contributed by atoms with van der Waals surface area (Å²) in [6, 6.07) is 17.7. The lowest BCUT2D eigenvalue weighted by atomic mass is 10.0. The second kappa shape index (κ2) is 7.68. The van der Waals surface area contributed by atoms with Gasteiger partial charge in [0.2, 0.25) is 0 Å². The molecule has 0 radical (unpaired) electrons. The summed E-state index contributed by atoms with van der Waals surface area (Å²) < 4.78 is 18.1. The number of nitrogens with zero attached hydrogens (tertiary/aromatic N) is 2. The number of rotatable bonds is 5. The van der Waals surface area contributed by atoms with E-state index in [0.29, 0.717) is 10.8 Å². The zero-order valence-electron chi connectivity index (χ0n) is 16.7. The van der Waals surface area contributed by atoms with Gasteiger partial charge in [-0.25, -0.2) is 4.98 Å². The molecule has 0 aliphatic carbocycles. The van der Waals surface area contributed by atoms with Crippen LogP contribution in [0.1, 0.15) is 5.82 Å². The first kappa shape index (κ1) is 19.2. The van der Waals surface area contributed by atoms with Crippen molar-refractivity contribution in [1.82, 2.24) is 9.55 Å². The predicted octanol–water partition coefficient (Wildman–Crippen LogP) is 5.68. The smallest absolute Gasteiger partial charge is 0.137 e. The van der Waals surface area contributed by atoms with Gasteiger partial charge in [-0.15, -0.1) is 0 Å². The van der Waals surface area contributed by atoms with Crippen LogP contribution in [0, 0.1) is 6.92 Å². The first-order valence-electron chi connectivity index (χ1n) is 9.10. The Labute approximate surface area is 174 Å². The van der Waals surface area contributed by atoms with E-state index in [4.69, 9.17) is 30.8 Å². The minimum Gasteiger partial charge on any atom is -0.497 e. The summed E-state index contributed by atoms with van der Waals surface area (Å²) in [5, 5.41) is 0.561. The van der Waals surface area contributed by atoms with Gasteiger partial charge in [-0.05, 0) is 60.5 Å². The molecule has 0 saturated carbocycles. The van der Waals surface area contributed by atoms with Crippen LogP contribution in [0.4, 0.5) is 0 Å². The highest BCUT2D eigenvalue weighted by Gasteiger charge is 2.13. The second-order valence-corrected chi connectivity index (χ2v) is 7.03. The maximum atomic E-state index is 6.33. The minimum absolute atomic E-state index is 0.561. The largest absolute Gasteiger partial charge is 0.497 e. The molecule has 4 aromatic rings. The Balaban J connectivity index is 1.83. The van der Waals surface area contributed by atoms with E-state index in [1.165, 1.54) is 0 Å². The molecule has 148 valence electrons. The third-order valence-corrected chi connectivity index (χ3v) is 5.20. The van der Waals surface area contributed by atoms with E-state index in [1.54, 1.807) is 21.3 Å². The fraction of sp³-hybridized carbons (Fsp3) is 0.174. The summed E-state index contributed by atoms with van der Waals surface area (Å²) >= 11 is 6.33. The average Bonchev–Trinajstić information content (AvgIpc) is 3.07. The third kappa shape index (κ3) is 3.49. The summed E-state index contributed by atoms with van der Waals surface area (Å²) in [7, 11) is 4.90. The van der Waals surface area contributed by atoms with Crippen LogP contribution >= 0.6 is 11.6 Å². The van der Waals surface area contributed by atoms with Crippen molar-refractivity contribution in [2.45, 2.75) is 6.92 Å². The van der Waals surface area contributed by atoms with E-state index >= 15 is 0 Å². The molecule has 0 bridgehead atoms. The van der Waals surface area contributed by atoms with E-state index in [0.717, 1.165) is 45.2 Å². The normalized spacial score (nSPS) is 10.9. The SMILES string of the molecule is COc1cc(OC)cc(-c2ccc3c(c2)nc(C)n3-c2ccc(OC)c(Cl)c2)c1. The molecule has 4 rings (SSSR count). The maximum Gasteiger partial charge on any atom is 0.137 e. The van der Waals surface area contributed by atoms with Gasteiger partial charge in [-0.1, -0.05) is 17.7 Å². The molecular weight excluding hydrogens is 388 g/mol. The topological polar surface area (TPSA) is 45.5 Å². The van der Waals surface area contributed by atoms with Gasteiger partial charge in [0.25, 0.3) is 0 Å². The summed E-state index contributed by atoms with van der Waals surface area (Å²) in [6.45, 7) is 1.98. The molecule has 1 heterocycles. The Morgan fingerprint density at radius 1 is 0.793 bits per heavy atom. The lowest BCUT2D eigenvalue weighted by Gasteiger charge is -2.11. The highest BCUT2D eigenvalue weighted by molar-refractivity contribution is 6.32. The zero-order valence-corrected chi connectivity index (χ0v) is 17.4. The Kier molecular flexibility index (Phi) is 5.07. The third-order valence-electron chi connectivity index (χ3n) is 4.90. The van der Waals surface area contributed by atoms with Crippen LogP contribution in [-0.2, 0) is 0 Å². The predicted molar refractivity (Wildman–Crippen MR) is 116 cm³/mol. The van der Waals surface area contributed by atoms with Gasteiger partial charge in [-0.3, -0.25) is 4.57 Å². The van der Waals surface area contributed by atoms with Crippen LogP contribution in [0.2, 0.25) is 5.02 Å². The fourth-order valence-corrected chi connectivity index (χ4v) is 3.73. The van der Waals surface area contributed by atoms with Gasteiger partial charge in [0.1, 0.15) is 23.1 Å². The van der Waals surface area contributed by atoms with Crippen LogP contribution in [0.3, 0.4) is 0 Å². The highest BCUT2D eigenvalue weighted by Crippen LogP contribution is 2.33. The maximum absolute atomic E-state index is 6.33. The molecule has 5 nitrogen and oxygen atoms in total. The molecule has 0 atom stereocenters. The van der Waals surface area contributed by atoms with Crippen molar-refractivity contribution in [1.29, 1.82) is 0 Å². The Hall–Kier alpha value is -3.18. The van der Waals surface area contributed by atoms with Crippen molar-refractivity contribution < 1.29 is 14.2 Å². The van der Waals surface area contributed by atoms with Crippen LogP contribution in [0.15, 0.2) is 54.6 Å². The van der Waals surface area contributed by atoms with Crippen LogP contribution in [-0.4, -0.2) is 30.9 Å². The number of halogens is 1. The molecule has 0 aliphatic rings. The molecular formula is C23H21ClN2O3.